The minimum absolute atomic E-state index is 0.0990. The van der Waals surface area contributed by atoms with E-state index in [0.717, 1.165) is 11.1 Å². The van der Waals surface area contributed by atoms with Gasteiger partial charge < -0.3 is 19.1 Å². The summed E-state index contributed by atoms with van der Waals surface area (Å²) in [7, 11) is 6.17. The Balaban J connectivity index is 1.65. The Kier molecular flexibility index (Phi) is 7.71. The van der Waals surface area contributed by atoms with Crippen LogP contribution in [0.1, 0.15) is 33.9 Å². The maximum atomic E-state index is 14.2. The van der Waals surface area contributed by atoms with E-state index in [1.54, 1.807) is 39.5 Å². The van der Waals surface area contributed by atoms with Crippen molar-refractivity contribution in [2.45, 2.75) is 12.5 Å². The van der Waals surface area contributed by atoms with Crippen LogP contribution in [0, 0.1) is 5.82 Å². The van der Waals surface area contributed by atoms with E-state index >= 15 is 0 Å². The Morgan fingerprint density at radius 2 is 1.65 bits per heavy atom. The van der Waals surface area contributed by atoms with Gasteiger partial charge in [0, 0.05) is 25.1 Å². The zero-order chi connectivity index (χ0) is 26.5. The van der Waals surface area contributed by atoms with Crippen LogP contribution in [0.25, 0.3) is 0 Å². The summed E-state index contributed by atoms with van der Waals surface area (Å²) in [6, 6.07) is 18.0. The van der Waals surface area contributed by atoms with Crippen LogP contribution in [0.5, 0.6) is 17.2 Å². The average Bonchev–Trinajstić information content (AvgIpc) is 3.38. The summed E-state index contributed by atoms with van der Waals surface area (Å²) in [4.78, 5) is 27.5. The van der Waals surface area contributed by atoms with E-state index < -0.39 is 23.7 Å². The molecule has 3 aromatic carbocycles. The van der Waals surface area contributed by atoms with Gasteiger partial charge in [0.25, 0.3) is 11.8 Å². The maximum absolute atomic E-state index is 14.2. The van der Waals surface area contributed by atoms with Gasteiger partial charge in [-0.2, -0.15) is 5.10 Å². The summed E-state index contributed by atoms with van der Waals surface area (Å²) in [6.45, 7) is -0.281. The number of methoxy groups -OCH3 is 3. The molecule has 1 heterocycles. The number of hydrazone groups is 1. The predicted octanol–water partition coefficient (Wildman–Crippen LogP) is 4.30. The third kappa shape index (κ3) is 5.40. The van der Waals surface area contributed by atoms with Crippen LogP contribution in [0.15, 0.2) is 71.8 Å². The number of halogens is 1. The van der Waals surface area contributed by atoms with Gasteiger partial charge in [0.15, 0.2) is 0 Å². The smallest absolute Gasteiger partial charge is 0.262 e. The Labute approximate surface area is 214 Å². The highest BCUT2D eigenvalue weighted by atomic mass is 19.1. The summed E-state index contributed by atoms with van der Waals surface area (Å²) in [5, 5.41) is 6.04. The van der Waals surface area contributed by atoms with Gasteiger partial charge in [0.1, 0.15) is 29.6 Å². The monoisotopic (exact) mass is 505 g/mol. The van der Waals surface area contributed by atoms with Crippen molar-refractivity contribution in [3.8, 4) is 17.2 Å². The standard InChI is InChI=1S/C28H28FN3O5/c1-31(28(34)21-7-5-6-8-23(21)29)17-27(33)32-25(18-9-11-19(35-2)12-10-18)16-24(30-32)22-14-13-20(36-3)15-26(22)37-4/h5-15,25H,16-17H2,1-4H3. The van der Waals surface area contributed by atoms with E-state index in [2.05, 4.69) is 5.10 Å². The highest BCUT2D eigenvalue weighted by molar-refractivity contribution is 6.05. The van der Waals surface area contributed by atoms with Crippen molar-refractivity contribution in [1.82, 2.24) is 9.91 Å². The fraction of sp³-hybridized carbons (Fsp3) is 0.250. The van der Waals surface area contributed by atoms with Crippen molar-refractivity contribution < 1.29 is 28.2 Å². The Bertz CT molecular complexity index is 1330. The van der Waals surface area contributed by atoms with Crippen molar-refractivity contribution in [2.24, 2.45) is 5.10 Å². The van der Waals surface area contributed by atoms with Crippen molar-refractivity contribution in [1.29, 1.82) is 0 Å². The second kappa shape index (κ2) is 11.1. The van der Waals surface area contributed by atoms with E-state index in [1.165, 1.54) is 35.2 Å². The van der Waals surface area contributed by atoms with E-state index in [-0.39, 0.29) is 12.1 Å². The normalized spacial score (nSPS) is 14.7. The van der Waals surface area contributed by atoms with Crippen LogP contribution in [0.2, 0.25) is 0 Å². The molecule has 0 aliphatic carbocycles. The highest BCUT2D eigenvalue weighted by Crippen LogP contribution is 2.36. The highest BCUT2D eigenvalue weighted by Gasteiger charge is 2.35. The molecule has 9 heteroatoms. The molecule has 3 aromatic rings. The van der Waals surface area contributed by atoms with Crippen molar-refractivity contribution in [2.75, 3.05) is 34.9 Å². The number of nitrogens with zero attached hydrogens (tertiary/aromatic N) is 3. The van der Waals surface area contributed by atoms with E-state index in [1.807, 2.05) is 30.3 Å². The molecule has 0 bridgehead atoms. The van der Waals surface area contributed by atoms with Crippen LogP contribution in [-0.4, -0.2) is 62.4 Å². The molecule has 0 saturated heterocycles. The van der Waals surface area contributed by atoms with Crippen LogP contribution in [0.3, 0.4) is 0 Å². The van der Waals surface area contributed by atoms with E-state index in [4.69, 9.17) is 14.2 Å². The van der Waals surface area contributed by atoms with Gasteiger partial charge in [0.2, 0.25) is 0 Å². The van der Waals surface area contributed by atoms with Gasteiger partial charge in [-0.05, 0) is 42.0 Å². The molecule has 4 rings (SSSR count). The van der Waals surface area contributed by atoms with Gasteiger partial charge in [-0.15, -0.1) is 0 Å². The van der Waals surface area contributed by atoms with Gasteiger partial charge >= 0.3 is 0 Å². The van der Waals surface area contributed by atoms with Gasteiger partial charge in [-0.1, -0.05) is 24.3 Å². The molecule has 0 fully saturated rings. The molecule has 1 atom stereocenters. The second-order valence-corrected chi connectivity index (χ2v) is 8.49. The first-order chi connectivity index (χ1) is 17.9. The first-order valence-electron chi connectivity index (χ1n) is 11.6. The average molecular weight is 506 g/mol. The third-order valence-corrected chi connectivity index (χ3v) is 6.21. The van der Waals surface area contributed by atoms with Gasteiger partial charge in [0.05, 0.1) is 38.6 Å². The zero-order valence-corrected chi connectivity index (χ0v) is 21.1. The fourth-order valence-electron chi connectivity index (χ4n) is 4.21. The summed E-state index contributed by atoms with van der Waals surface area (Å²) < 4.78 is 30.3. The number of likely N-dealkylation sites (N-methyl/N-ethyl adjacent to an activating group) is 1. The number of carbonyl (C=O) groups is 2. The van der Waals surface area contributed by atoms with Crippen molar-refractivity contribution in [3.63, 3.8) is 0 Å². The molecule has 0 spiro atoms. The first kappa shape index (κ1) is 25.7. The molecule has 0 saturated carbocycles. The molecular weight excluding hydrogens is 477 g/mol. The largest absolute Gasteiger partial charge is 0.497 e. The van der Waals surface area contributed by atoms with Gasteiger partial charge in [-0.3, -0.25) is 9.59 Å². The number of carbonyl (C=O) groups excluding carboxylic acids is 2. The van der Waals surface area contributed by atoms with Crippen LogP contribution < -0.4 is 14.2 Å². The topological polar surface area (TPSA) is 80.7 Å². The van der Waals surface area contributed by atoms with Crippen LogP contribution in [-0.2, 0) is 4.79 Å². The zero-order valence-electron chi connectivity index (χ0n) is 21.1. The predicted molar refractivity (Wildman–Crippen MR) is 137 cm³/mol. The number of hydrogen-bond donors (Lipinski definition) is 0. The summed E-state index contributed by atoms with van der Waals surface area (Å²) >= 11 is 0. The number of hydrogen-bond acceptors (Lipinski definition) is 6. The maximum Gasteiger partial charge on any atom is 0.262 e. The number of rotatable bonds is 8. The number of ether oxygens (including phenoxy) is 3. The molecule has 1 unspecified atom stereocenters. The van der Waals surface area contributed by atoms with E-state index in [9.17, 15) is 14.0 Å². The van der Waals surface area contributed by atoms with Crippen molar-refractivity contribution in [3.05, 3.63) is 89.2 Å². The fourth-order valence-corrected chi connectivity index (χ4v) is 4.21. The number of benzene rings is 3. The minimum Gasteiger partial charge on any atom is -0.497 e. The molecule has 1 aliphatic heterocycles. The van der Waals surface area contributed by atoms with Crippen molar-refractivity contribution >= 4 is 17.5 Å². The molecule has 0 radical (unpaired) electrons. The lowest BCUT2D eigenvalue weighted by Crippen LogP contribution is -2.39. The molecule has 0 N–H and O–H groups in total. The molecule has 192 valence electrons. The lowest BCUT2D eigenvalue weighted by molar-refractivity contribution is -0.133. The Hall–Kier alpha value is -4.40. The minimum atomic E-state index is -0.643. The van der Waals surface area contributed by atoms with E-state index in [0.29, 0.717) is 29.4 Å². The molecule has 8 nitrogen and oxygen atoms in total. The summed E-state index contributed by atoms with van der Waals surface area (Å²) in [5.74, 6) is 0.242. The lowest BCUT2D eigenvalue weighted by atomic mass is 9.97. The molecule has 2 amide bonds. The summed E-state index contributed by atoms with van der Waals surface area (Å²) in [5.41, 5.74) is 2.13. The van der Waals surface area contributed by atoms with Crippen LogP contribution in [0.4, 0.5) is 4.39 Å². The number of amides is 2. The quantitative estimate of drug-likeness (QED) is 0.456. The third-order valence-electron chi connectivity index (χ3n) is 6.21. The van der Waals surface area contributed by atoms with Crippen LogP contribution >= 0.6 is 0 Å². The molecule has 1 aliphatic rings. The first-order valence-corrected chi connectivity index (χ1v) is 11.6. The lowest BCUT2D eigenvalue weighted by Gasteiger charge is -2.25. The molecule has 0 aromatic heterocycles. The summed E-state index contributed by atoms with van der Waals surface area (Å²) in [6.07, 6.45) is 0.422. The SMILES string of the molecule is COc1ccc(C2CC(c3ccc(OC)cc3OC)=NN2C(=O)CN(C)C(=O)c2ccccc2F)cc1. The molecular formula is C28H28FN3O5. The second-order valence-electron chi connectivity index (χ2n) is 8.49. The molecule has 37 heavy (non-hydrogen) atoms. The Morgan fingerprint density at radius 1 is 0.973 bits per heavy atom. The van der Waals surface area contributed by atoms with Gasteiger partial charge in [-0.25, -0.2) is 9.40 Å². The Morgan fingerprint density at radius 3 is 2.30 bits per heavy atom.